The largest absolute Gasteiger partial charge is 0.372 e. The number of hydrogen-bond acceptors (Lipinski definition) is 8. The number of amides is 1. The summed E-state index contributed by atoms with van der Waals surface area (Å²) in [5.74, 6) is 1.16. The summed E-state index contributed by atoms with van der Waals surface area (Å²) in [4.78, 5) is 34.4. The predicted molar refractivity (Wildman–Crippen MR) is 157 cm³/mol. The minimum absolute atomic E-state index is 0.0243. The van der Waals surface area contributed by atoms with Crippen LogP contribution in [0.2, 0.25) is 0 Å². The Hall–Kier alpha value is -3.92. The Labute approximate surface area is 230 Å². The van der Waals surface area contributed by atoms with Crippen LogP contribution in [0.5, 0.6) is 0 Å². The second-order valence-corrected chi connectivity index (χ2v) is 11.2. The Morgan fingerprint density at radius 2 is 1.92 bits per heavy atom. The van der Waals surface area contributed by atoms with E-state index in [2.05, 4.69) is 46.4 Å². The van der Waals surface area contributed by atoms with Crippen LogP contribution >= 0.6 is 0 Å². The van der Waals surface area contributed by atoms with Crippen molar-refractivity contribution in [3.05, 3.63) is 70.1 Å². The molecule has 10 heteroatoms. The van der Waals surface area contributed by atoms with Crippen molar-refractivity contribution in [2.24, 2.45) is 12.8 Å². The number of carbonyl (C=O) groups is 1. The summed E-state index contributed by atoms with van der Waals surface area (Å²) in [7, 11) is 3.60. The maximum atomic E-state index is 13.0. The van der Waals surface area contributed by atoms with Crippen molar-refractivity contribution < 1.29 is 4.79 Å². The normalized spacial score (nSPS) is 15.6. The minimum atomic E-state index is -0.245. The van der Waals surface area contributed by atoms with Gasteiger partial charge in [0, 0.05) is 57.9 Å². The average molecular weight is 533 g/mol. The molecule has 4 rings (SSSR count). The van der Waals surface area contributed by atoms with E-state index in [4.69, 9.17) is 5.73 Å². The molecule has 10 nitrogen and oxygen atoms in total. The molecule has 208 valence electrons. The highest BCUT2D eigenvalue weighted by Gasteiger charge is 2.24. The van der Waals surface area contributed by atoms with E-state index in [1.807, 2.05) is 48.3 Å². The molecule has 1 unspecified atom stereocenters. The molecule has 0 bridgehead atoms. The third kappa shape index (κ3) is 6.94. The zero-order chi connectivity index (χ0) is 28.2. The number of aromatic nitrogens is 3. The number of nitrogens with one attached hydrogen (secondary N) is 2. The highest BCUT2D eigenvalue weighted by molar-refractivity contribution is 5.94. The zero-order valence-electron chi connectivity index (χ0n) is 23.6. The lowest BCUT2D eigenvalue weighted by Gasteiger charge is -2.34. The fourth-order valence-corrected chi connectivity index (χ4v) is 4.68. The van der Waals surface area contributed by atoms with Crippen molar-refractivity contribution in [2.45, 2.75) is 45.1 Å². The van der Waals surface area contributed by atoms with Crippen molar-refractivity contribution in [1.82, 2.24) is 20.1 Å². The first-order valence-electron chi connectivity index (χ1n) is 13.4. The van der Waals surface area contributed by atoms with Crippen LogP contribution in [0, 0.1) is 0 Å². The Morgan fingerprint density at radius 3 is 2.56 bits per heavy atom. The van der Waals surface area contributed by atoms with Gasteiger partial charge in [-0.1, -0.05) is 32.9 Å². The van der Waals surface area contributed by atoms with Crippen LogP contribution in [0.15, 0.2) is 53.5 Å². The summed E-state index contributed by atoms with van der Waals surface area (Å²) in [6, 6.07) is 13.3. The first kappa shape index (κ1) is 28.1. The number of pyridine rings is 1. The lowest BCUT2D eigenvalue weighted by Crippen LogP contribution is -2.48. The fraction of sp³-hybridized carbons (Fsp3) is 0.448. The van der Waals surface area contributed by atoms with Gasteiger partial charge in [0.25, 0.3) is 11.5 Å². The number of carbonyl (C=O) groups excluding carboxylic acids is 1. The van der Waals surface area contributed by atoms with Crippen molar-refractivity contribution in [3.8, 4) is 0 Å². The van der Waals surface area contributed by atoms with Gasteiger partial charge in [0.2, 0.25) is 0 Å². The molecule has 0 radical (unpaired) electrons. The lowest BCUT2D eigenvalue weighted by atomic mass is 9.86. The van der Waals surface area contributed by atoms with E-state index < -0.39 is 0 Å². The Kier molecular flexibility index (Phi) is 8.54. The Morgan fingerprint density at radius 1 is 1.18 bits per heavy atom. The molecule has 1 aliphatic rings. The molecular weight excluding hydrogens is 492 g/mol. The van der Waals surface area contributed by atoms with Crippen LogP contribution in [-0.2, 0) is 12.5 Å². The van der Waals surface area contributed by atoms with Crippen molar-refractivity contribution in [1.29, 1.82) is 0 Å². The molecule has 4 N–H and O–H groups in total. The Balaban J connectivity index is 1.44. The maximum Gasteiger partial charge on any atom is 0.290 e. The summed E-state index contributed by atoms with van der Waals surface area (Å²) in [5.41, 5.74) is 8.61. The van der Waals surface area contributed by atoms with Gasteiger partial charge in [0.15, 0.2) is 5.82 Å². The number of nitrogens with two attached hydrogens (primary N) is 1. The smallest absolute Gasteiger partial charge is 0.290 e. The molecule has 0 aliphatic carbocycles. The molecule has 1 amide bonds. The molecule has 2 aromatic heterocycles. The van der Waals surface area contributed by atoms with Crippen LogP contribution in [0.25, 0.3) is 0 Å². The standard InChI is InChI=1S/C29H40N8O2/c1-29(2,3)21-10-8-20(9-11-21)27(38)32-22-7-6-15-37(19-22)26-17-24(28(39)36(5)34-26)33-25-13-12-23(18-31-25)35(4)16-14-30/h8-13,17-18,22H,6-7,14-16,19,30H2,1-5H3,(H,31,33)(H,32,38). The number of piperidine rings is 1. The third-order valence-corrected chi connectivity index (χ3v) is 7.06. The van der Waals surface area contributed by atoms with E-state index >= 15 is 0 Å². The number of likely N-dealkylation sites (N-methyl/N-ethyl adjacent to an activating group) is 1. The third-order valence-electron chi connectivity index (χ3n) is 7.06. The molecule has 0 spiro atoms. The van der Waals surface area contributed by atoms with Gasteiger partial charge in [-0.25, -0.2) is 9.67 Å². The Bertz CT molecular complexity index is 1330. The molecule has 1 aliphatic heterocycles. The van der Waals surface area contributed by atoms with Crippen LogP contribution in [0.4, 0.5) is 23.0 Å². The highest BCUT2D eigenvalue weighted by atomic mass is 16.2. The molecule has 3 aromatic rings. The van der Waals surface area contributed by atoms with Gasteiger partial charge in [-0.15, -0.1) is 0 Å². The monoisotopic (exact) mass is 532 g/mol. The SMILES string of the molecule is CN(CCN)c1ccc(Nc2cc(N3CCCC(NC(=O)c4ccc(C(C)(C)C)cc4)C3)nn(C)c2=O)nc1. The van der Waals surface area contributed by atoms with Crippen LogP contribution in [0.1, 0.15) is 49.5 Å². The van der Waals surface area contributed by atoms with E-state index in [1.165, 1.54) is 10.2 Å². The average Bonchev–Trinajstić information content (AvgIpc) is 2.91. The van der Waals surface area contributed by atoms with Crippen molar-refractivity contribution >= 4 is 28.9 Å². The number of aryl methyl sites for hydroxylation is 1. The quantitative estimate of drug-likeness (QED) is 0.405. The van der Waals surface area contributed by atoms with Gasteiger partial charge < -0.3 is 26.2 Å². The van der Waals surface area contributed by atoms with Crippen LogP contribution in [0.3, 0.4) is 0 Å². The molecule has 1 aromatic carbocycles. The molecule has 0 saturated carbocycles. The number of hydrogen-bond donors (Lipinski definition) is 3. The zero-order valence-corrected chi connectivity index (χ0v) is 23.6. The number of rotatable bonds is 8. The number of anilines is 4. The maximum absolute atomic E-state index is 13.0. The van der Waals surface area contributed by atoms with Gasteiger partial charge >= 0.3 is 0 Å². The van der Waals surface area contributed by atoms with Gasteiger partial charge in [-0.3, -0.25) is 9.59 Å². The van der Waals surface area contributed by atoms with E-state index in [0.717, 1.165) is 31.6 Å². The summed E-state index contributed by atoms with van der Waals surface area (Å²) in [6.45, 7) is 9.14. The summed E-state index contributed by atoms with van der Waals surface area (Å²) >= 11 is 0. The van der Waals surface area contributed by atoms with Gasteiger partial charge in [-0.2, -0.15) is 5.10 Å². The van der Waals surface area contributed by atoms with Gasteiger partial charge in [0.05, 0.1) is 11.9 Å². The van der Waals surface area contributed by atoms with E-state index in [9.17, 15) is 9.59 Å². The molecule has 1 fully saturated rings. The van der Waals surface area contributed by atoms with E-state index in [-0.39, 0.29) is 22.9 Å². The molecular formula is C29H40N8O2. The fourth-order valence-electron chi connectivity index (χ4n) is 4.68. The topological polar surface area (TPSA) is 121 Å². The minimum Gasteiger partial charge on any atom is -0.372 e. The summed E-state index contributed by atoms with van der Waals surface area (Å²) in [6.07, 6.45) is 3.54. The summed E-state index contributed by atoms with van der Waals surface area (Å²) < 4.78 is 1.33. The predicted octanol–water partition coefficient (Wildman–Crippen LogP) is 3.01. The van der Waals surface area contributed by atoms with E-state index in [0.29, 0.717) is 36.0 Å². The molecule has 1 saturated heterocycles. The number of nitrogens with zero attached hydrogens (tertiary/aromatic N) is 5. The van der Waals surface area contributed by atoms with Gasteiger partial charge in [-0.05, 0) is 48.1 Å². The number of benzene rings is 1. The van der Waals surface area contributed by atoms with Crippen LogP contribution < -0.4 is 31.7 Å². The van der Waals surface area contributed by atoms with Crippen molar-refractivity contribution in [3.63, 3.8) is 0 Å². The van der Waals surface area contributed by atoms with Gasteiger partial charge in [0.1, 0.15) is 11.5 Å². The summed E-state index contributed by atoms with van der Waals surface area (Å²) in [5, 5.41) is 10.8. The van der Waals surface area contributed by atoms with Crippen LogP contribution in [-0.4, -0.2) is 59.9 Å². The molecule has 1 atom stereocenters. The van der Waals surface area contributed by atoms with E-state index in [1.54, 1.807) is 19.3 Å². The lowest BCUT2D eigenvalue weighted by molar-refractivity contribution is 0.0933. The van der Waals surface area contributed by atoms with Crippen molar-refractivity contribution in [2.75, 3.05) is 48.3 Å². The first-order valence-corrected chi connectivity index (χ1v) is 13.4. The molecule has 3 heterocycles. The second kappa shape index (κ2) is 11.9. The molecule has 39 heavy (non-hydrogen) atoms. The first-order chi connectivity index (χ1) is 18.5. The second-order valence-electron chi connectivity index (χ2n) is 11.2. The highest BCUT2D eigenvalue weighted by Crippen LogP contribution is 2.24.